The number of carbonyl (C=O) groups is 1. The zero-order valence-corrected chi connectivity index (χ0v) is 25.4. The molecule has 5 rings (SSSR count). The molecular formula is C31H39ClFN5O4. The fraction of sp³-hybridized carbons (Fsp3) is 0.516. The largest absolute Gasteiger partial charge is 0.493 e. The summed E-state index contributed by atoms with van der Waals surface area (Å²) in [6.07, 6.45) is 4.29. The molecule has 2 unspecified atom stereocenters. The van der Waals surface area contributed by atoms with Crippen LogP contribution in [0, 0.1) is 17.7 Å². The molecule has 2 atom stereocenters. The highest BCUT2D eigenvalue weighted by molar-refractivity contribution is 6.31. The van der Waals surface area contributed by atoms with Crippen molar-refractivity contribution in [1.82, 2.24) is 19.8 Å². The third kappa shape index (κ3) is 7.33. The molecule has 2 fully saturated rings. The molecule has 2 aliphatic rings. The fourth-order valence-corrected chi connectivity index (χ4v) is 5.93. The average molecular weight is 600 g/mol. The zero-order chi connectivity index (χ0) is 29.9. The van der Waals surface area contributed by atoms with E-state index in [2.05, 4.69) is 20.2 Å². The van der Waals surface area contributed by atoms with Gasteiger partial charge < -0.3 is 29.3 Å². The third-order valence-electron chi connectivity index (χ3n) is 7.83. The van der Waals surface area contributed by atoms with Crippen LogP contribution >= 0.6 is 11.6 Å². The summed E-state index contributed by atoms with van der Waals surface area (Å²) in [5, 5.41) is 3.96. The molecule has 9 nitrogen and oxygen atoms in total. The summed E-state index contributed by atoms with van der Waals surface area (Å²) < 4.78 is 31.0. The van der Waals surface area contributed by atoms with Gasteiger partial charge in [0, 0.05) is 43.3 Å². The Balaban J connectivity index is 1.18. The van der Waals surface area contributed by atoms with Crippen molar-refractivity contribution < 1.29 is 23.4 Å². The van der Waals surface area contributed by atoms with Crippen LogP contribution in [0.25, 0.3) is 10.9 Å². The minimum absolute atomic E-state index is 0.0251. The number of ether oxygens (including phenoxy) is 3. The number of piperidine rings is 2. The van der Waals surface area contributed by atoms with Crippen LogP contribution in [0.15, 0.2) is 36.7 Å². The maximum atomic E-state index is 13.6. The van der Waals surface area contributed by atoms with Crippen molar-refractivity contribution in [3.05, 3.63) is 47.5 Å². The highest BCUT2D eigenvalue weighted by Crippen LogP contribution is 2.36. The van der Waals surface area contributed by atoms with E-state index in [0.29, 0.717) is 47.0 Å². The Morgan fingerprint density at radius 2 is 1.90 bits per heavy atom. The van der Waals surface area contributed by atoms with Crippen molar-refractivity contribution in [1.29, 1.82) is 0 Å². The molecule has 3 aromatic rings. The number of amides is 1. The molecule has 1 amide bonds. The maximum absolute atomic E-state index is 13.6. The lowest BCUT2D eigenvalue weighted by Crippen LogP contribution is -2.52. The van der Waals surface area contributed by atoms with Crippen molar-refractivity contribution in [3.63, 3.8) is 0 Å². The molecule has 0 spiro atoms. The topological polar surface area (TPSA) is 89.1 Å². The van der Waals surface area contributed by atoms with Crippen LogP contribution in [-0.4, -0.2) is 77.9 Å². The fourth-order valence-electron chi connectivity index (χ4n) is 5.75. The summed E-state index contributed by atoms with van der Waals surface area (Å²) in [5.41, 5.74) is 0.804. The van der Waals surface area contributed by atoms with Crippen LogP contribution in [-0.2, 0) is 4.74 Å². The van der Waals surface area contributed by atoms with E-state index in [0.717, 1.165) is 57.4 Å². The van der Waals surface area contributed by atoms with Gasteiger partial charge in [0.05, 0.1) is 24.3 Å². The third-order valence-corrected chi connectivity index (χ3v) is 8.12. The second-order valence-electron chi connectivity index (χ2n) is 12.0. The number of aromatic nitrogens is 2. The van der Waals surface area contributed by atoms with Crippen LogP contribution in [0.1, 0.15) is 40.0 Å². The second kappa shape index (κ2) is 12.9. The number of rotatable bonds is 8. The number of fused-ring (bicyclic) bond motifs is 2. The lowest BCUT2D eigenvalue weighted by atomic mass is 9.80. The summed E-state index contributed by atoms with van der Waals surface area (Å²) in [4.78, 5) is 25.7. The Kier molecular flexibility index (Phi) is 9.22. The monoisotopic (exact) mass is 599 g/mol. The Labute approximate surface area is 251 Å². The van der Waals surface area contributed by atoms with Gasteiger partial charge in [0.2, 0.25) is 0 Å². The highest BCUT2D eigenvalue weighted by atomic mass is 35.5. The van der Waals surface area contributed by atoms with Gasteiger partial charge in [0.25, 0.3) is 0 Å². The standard InChI is InChI=1S/C31H39ClFN5O4/c1-31(2,3)42-30(39)38-12-9-20-8-11-37(17-21(20)18-38)10-5-13-41-28-15-23-26(16-27(28)40-4)34-19-35-29(23)36-22-6-7-25(33)24(32)14-22/h6-7,14-16,19-21H,5,8-13,17-18H2,1-4H3,(H,34,35,36). The Hall–Kier alpha value is -3.37. The van der Waals surface area contributed by atoms with Crippen molar-refractivity contribution in [3.8, 4) is 11.5 Å². The number of methoxy groups -OCH3 is 1. The summed E-state index contributed by atoms with van der Waals surface area (Å²) in [5.74, 6) is 2.37. The van der Waals surface area contributed by atoms with Gasteiger partial charge in [-0.05, 0) is 82.7 Å². The second-order valence-corrected chi connectivity index (χ2v) is 12.4. The Bertz CT molecular complexity index is 1420. The van der Waals surface area contributed by atoms with Gasteiger partial charge in [-0.15, -0.1) is 0 Å². The number of nitrogens with zero attached hydrogens (tertiary/aromatic N) is 4. The summed E-state index contributed by atoms with van der Waals surface area (Å²) in [6.45, 7) is 10.7. The van der Waals surface area contributed by atoms with Crippen molar-refractivity contribution in [2.24, 2.45) is 11.8 Å². The Morgan fingerprint density at radius 3 is 2.67 bits per heavy atom. The van der Waals surface area contributed by atoms with Gasteiger partial charge in [0.15, 0.2) is 11.5 Å². The summed E-state index contributed by atoms with van der Waals surface area (Å²) >= 11 is 5.96. The summed E-state index contributed by atoms with van der Waals surface area (Å²) in [7, 11) is 1.60. The number of hydrogen-bond donors (Lipinski definition) is 1. The molecule has 42 heavy (non-hydrogen) atoms. The molecule has 0 bridgehead atoms. The SMILES string of the molecule is COc1cc2ncnc(Nc3ccc(F)c(Cl)c3)c2cc1OCCCN1CCC2CCN(C(=O)OC(C)(C)C)CC2C1. The van der Waals surface area contributed by atoms with Gasteiger partial charge in [-0.3, -0.25) is 0 Å². The Morgan fingerprint density at radius 1 is 1.10 bits per heavy atom. The van der Waals surface area contributed by atoms with E-state index in [1.807, 2.05) is 37.8 Å². The quantitative estimate of drug-likeness (QED) is 0.293. The first-order chi connectivity index (χ1) is 20.1. The first-order valence-corrected chi connectivity index (χ1v) is 14.9. The molecule has 0 aliphatic carbocycles. The molecule has 0 saturated carbocycles. The van der Waals surface area contributed by atoms with Crippen molar-refractivity contribution in [2.45, 2.75) is 45.6 Å². The smallest absolute Gasteiger partial charge is 0.410 e. The van der Waals surface area contributed by atoms with Gasteiger partial charge in [0.1, 0.15) is 23.6 Å². The van der Waals surface area contributed by atoms with E-state index in [9.17, 15) is 9.18 Å². The lowest BCUT2D eigenvalue weighted by Gasteiger charge is -2.45. The highest BCUT2D eigenvalue weighted by Gasteiger charge is 2.36. The first-order valence-electron chi connectivity index (χ1n) is 14.5. The van der Waals surface area contributed by atoms with Gasteiger partial charge in [-0.1, -0.05) is 11.6 Å². The number of benzene rings is 2. The zero-order valence-electron chi connectivity index (χ0n) is 24.7. The molecule has 2 aromatic carbocycles. The lowest BCUT2D eigenvalue weighted by molar-refractivity contribution is -0.00341. The maximum Gasteiger partial charge on any atom is 0.410 e. The molecule has 2 saturated heterocycles. The number of nitrogens with one attached hydrogen (secondary N) is 1. The van der Waals surface area contributed by atoms with Gasteiger partial charge in [-0.2, -0.15) is 0 Å². The van der Waals surface area contributed by atoms with E-state index in [-0.39, 0.29) is 11.1 Å². The van der Waals surface area contributed by atoms with E-state index < -0.39 is 11.4 Å². The molecule has 226 valence electrons. The van der Waals surface area contributed by atoms with Gasteiger partial charge in [-0.25, -0.2) is 19.2 Å². The van der Waals surface area contributed by atoms with E-state index in [4.69, 9.17) is 25.8 Å². The number of halogens is 2. The predicted octanol–water partition coefficient (Wildman–Crippen LogP) is 6.52. The normalized spacial score (nSPS) is 19.3. The van der Waals surface area contributed by atoms with Crippen molar-refractivity contribution in [2.75, 3.05) is 51.8 Å². The molecule has 0 radical (unpaired) electrons. The predicted molar refractivity (Wildman–Crippen MR) is 161 cm³/mol. The van der Waals surface area contributed by atoms with Crippen LogP contribution in [0.5, 0.6) is 11.5 Å². The number of hydrogen-bond acceptors (Lipinski definition) is 8. The van der Waals surface area contributed by atoms with Crippen LogP contribution in [0.4, 0.5) is 20.7 Å². The first kappa shape index (κ1) is 30.1. The average Bonchev–Trinajstić information content (AvgIpc) is 2.95. The van der Waals surface area contributed by atoms with Gasteiger partial charge >= 0.3 is 6.09 Å². The molecule has 1 aromatic heterocycles. The van der Waals surface area contributed by atoms with E-state index in [1.165, 1.54) is 18.5 Å². The number of carbonyl (C=O) groups excluding carboxylic acids is 1. The van der Waals surface area contributed by atoms with E-state index >= 15 is 0 Å². The van der Waals surface area contributed by atoms with Crippen LogP contribution < -0.4 is 14.8 Å². The van der Waals surface area contributed by atoms with E-state index in [1.54, 1.807) is 13.2 Å². The molecular weight excluding hydrogens is 561 g/mol. The summed E-state index contributed by atoms with van der Waals surface area (Å²) in [6, 6.07) is 8.09. The number of anilines is 2. The minimum Gasteiger partial charge on any atom is -0.493 e. The van der Waals surface area contributed by atoms with Crippen LogP contribution in [0.3, 0.4) is 0 Å². The van der Waals surface area contributed by atoms with Crippen molar-refractivity contribution >= 4 is 40.1 Å². The molecule has 11 heteroatoms. The molecule has 2 aliphatic heterocycles. The molecule has 1 N–H and O–H groups in total. The molecule has 3 heterocycles. The number of likely N-dealkylation sites (tertiary alicyclic amines) is 2. The van der Waals surface area contributed by atoms with Crippen LogP contribution in [0.2, 0.25) is 5.02 Å². The minimum atomic E-state index is -0.485.